The third-order valence-corrected chi connectivity index (χ3v) is 4.61. The molecule has 25 heavy (non-hydrogen) atoms. The molecule has 1 aliphatic heterocycles. The second-order valence-corrected chi connectivity index (χ2v) is 6.17. The second-order valence-electron chi connectivity index (χ2n) is 6.17. The van der Waals surface area contributed by atoms with Gasteiger partial charge in [0.2, 0.25) is 0 Å². The lowest BCUT2D eigenvalue weighted by molar-refractivity contribution is 0.0596. The van der Waals surface area contributed by atoms with E-state index in [9.17, 15) is 4.79 Å². The van der Waals surface area contributed by atoms with Crippen LogP contribution in [-0.2, 0) is 15.9 Å². The van der Waals surface area contributed by atoms with Gasteiger partial charge in [-0.1, -0.05) is 0 Å². The van der Waals surface area contributed by atoms with Gasteiger partial charge in [0.25, 0.3) is 0 Å². The van der Waals surface area contributed by atoms with E-state index >= 15 is 0 Å². The minimum atomic E-state index is -0.432. The Morgan fingerprint density at radius 2 is 2.48 bits per heavy atom. The van der Waals surface area contributed by atoms with Gasteiger partial charge in [-0.25, -0.2) is 14.8 Å². The zero-order valence-electron chi connectivity index (χ0n) is 14.1. The summed E-state index contributed by atoms with van der Waals surface area (Å²) in [7, 11) is 1.36. The van der Waals surface area contributed by atoms with E-state index in [0.717, 1.165) is 47.3 Å². The first-order valence-corrected chi connectivity index (χ1v) is 8.50. The summed E-state index contributed by atoms with van der Waals surface area (Å²) in [5.41, 5.74) is 2.80. The highest BCUT2D eigenvalue weighted by molar-refractivity contribution is 6.01. The standard InChI is InChI=1S/C17H21N5O3/c1-24-17(23)19-7-5-14-21-13-9-20-16-12(4-6-18-16)15(13)22(14)11-3-2-8-25-10-11/h4,6,9,11H,2-3,5,7-8,10H2,1H3,(H,18,20)(H,19,23)/t11-/m0/s1. The van der Waals surface area contributed by atoms with Crippen molar-refractivity contribution in [3.63, 3.8) is 0 Å². The van der Waals surface area contributed by atoms with Crippen LogP contribution < -0.4 is 5.32 Å². The van der Waals surface area contributed by atoms with Gasteiger partial charge in [0, 0.05) is 31.2 Å². The number of nitrogens with zero attached hydrogens (tertiary/aromatic N) is 3. The van der Waals surface area contributed by atoms with Gasteiger partial charge in [-0.05, 0) is 18.9 Å². The van der Waals surface area contributed by atoms with Crippen LogP contribution >= 0.6 is 0 Å². The number of imidazole rings is 1. The third kappa shape index (κ3) is 2.93. The summed E-state index contributed by atoms with van der Waals surface area (Å²) in [6, 6.07) is 2.27. The Kier molecular flexibility index (Phi) is 4.27. The highest BCUT2D eigenvalue weighted by Gasteiger charge is 2.23. The summed E-state index contributed by atoms with van der Waals surface area (Å²) >= 11 is 0. The van der Waals surface area contributed by atoms with Crippen molar-refractivity contribution in [3.8, 4) is 0 Å². The first-order chi connectivity index (χ1) is 12.3. The second kappa shape index (κ2) is 6.72. The van der Waals surface area contributed by atoms with Gasteiger partial charge >= 0.3 is 6.09 Å². The van der Waals surface area contributed by atoms with Crippen LogP contribution in [0, 0.1) is 0 Å². The van der Waals surface area contributed by atoms with Crippen LogP contribution in [-0.4, -0.2) is 52.5 Å². The predicted octanol–water partition coefficient (Wildman–Crippen LogP) is 2.16. The molecule has 3 aromatic rings. The molecule has 4 heterocycles. The topological polar surface area (TPSA) is 94.1 Å². The zero-order valence-corrected chi connectivity index (χ0v) is 14.1. The molecular formula is C17H21N5O3. The Bertz CT molecular complexity index is 894. The number of H-pyrrole nitrogens is 1. The Morgan fingerprint density at radius 3 is 3.28 bits per heavy atom. The molecule has 8 heteroatoms. The largest absolute Gasteiger partial charge is 0.453 e. The number of nitrogens with one attached hydrogen (secondary N) is 2. The molecule has 1 aliphatic rings. The molecule has 2 N–H and O–H groups in total. The minimum absolute atomic E-state index is 0.243. The van der Waals surface area contributed by atoms with Crippen molar-refractivity contribution in [2.45, 2.75) is 25.3 Å². The van der Waals surface area contributed by atoms with Crippen LogP contribution in [0.15, 0.2) is 18.5 Å². The minimum Gasteiger partial charge on any atom is -0.453 e. The molecular weight excluding hydrogens is 322 g/mol. The molecule has 8 nitrogen and oxygen atoms in total. The number of hydrogen-bond donors (Lipinski definition) is 2. The lowest BCUT2D eigenvalue weighted by Crippen LogP contribution is -2.28. The molecule has 0 radical (unpaired) electrons. The number of carbonyl (C=O) groups is 1. The molecule has 0 aliphatic carbocycles. The molecule has 1 fully saturated rings. The summed E-state index contributed by atoms with van der Waals surface area (Å²) in [4.78, 5) is 23.7. The van der Waals surface area contributed by atoms with Gasteiger partial charge in [-0.15, -0.1) is 0 Å². The summed E-state index contributed by atoms with van der Waals surface area (Å²) < 4.78 is 12.6. The van der Waals surface area contributed by atoms with Crippen LogP contribution in [0.5, 0.6) is 0 Å². The van der Waals surface area contributed by atoms with Crippen molar-refractivity contribution in [1.82, 2.24) is 24.8 Å². The lowest BCUT2D eigenvalue weighted by Gasteiger charge is -2.26. The van der Waals surface area contributed by atoms with E-state index in [0.29, 0.717) is 19.6 Å². The highest BCUT2D eigenvalue weighted by Crippen LogP contribution is 2.31. The maximum atomic E-state index is 11.3. The van der Waals surface area contributed by atoms with Gasteiger partial charge in [0.05, 0.1) is 31.5 Å². The number of ether oxygens (including phenoxy) is 2. The molecule has 0 spiro atoms. The number of pyridine rings is 1. The van der Waals surface area contributed by atoms with Crippen LogP contribution in [0.25, 0.3) is 22.1 Å². The predicted molar refractivity (Wildman–Crippen MR) is 92.6 cm³/mol. The Hall–Kier alpha value is -2.61. The van der Waals surface area contributed by atoms with Crippen LogP contribution in [0.3, 0.4) is 0 Å². The average Bonchev–Trinajstić information content (AvgIpc) is 3.25. The fourth-order valence-corrected chi connectivity index (χ4v) is 3.49. The number of alkyl carbamates (subject to hydrolysis) is 1. The number of hydrogen-bond acceptors (Lipinski definition) is 5. The maximum Gasteiger partial charge on any atom is 0.406 e. The summed E-state index contributed by atoms with van der Waals surface area (Å²) in [6.45, 7) is 1.95. The molecule has 0 bridgehead atoms. The van der Waals surface area contributed by atoms with Crippen LogP contribution in [0.2, 0.25) is 0 Å². The molecule has 4 rings (SSSR count). The van der Waals surface area contributed by atoms with E-state index in [1.807, 2.05) is 12.3 Å². The maximum absolute atomic E-state index is 11.3. The van der Waals surface area contributed by atoms with Gasteiger partial charge in [0.1, 0.15) is 17.0 Å². The highest BCUT2D eigenvalue weighted by atomic mass is 16.5. The zero-order chi connectivity index (χ0) is 17.2. The summed E-state index contributed by atoms with van der Waals surface area (Å²) in [5.74, 6) is 0.928. The fourth-order valence-electron chi connectivity index (χ4n) is 3.49. The van der Waals surface area contributed by atoms with Gasteiger partial charge in [-0.2, -0.15) is 0 Å². The Balaban J connectivity index is 1.76. The molecule has 3 aromatic heterocycles. The molecule has 0 aromatic carbocycles. The molecule has 0 saturated carbocycles. The monoisotopic (exact) mass is 343 g/mol. The van der Waals surface area contributed by atoms with Crippen molar-refractivity contribution in [1.29, 1.82) is 0 Å². The Morgan fingerprint density at radius 1 is 1.56 bits per heavy atom. The van der Waals surface area contributed by atoms with Crippen molar-refractivity contribution >= 4 is 28.2 Å². The molecule has 132 valence electrons. The SMILES string of the molecule is COC(=O)NCCc1nc2cnc3[nH]ccc3c2n1[C@H]1CCCOC1. The van der Waals surface area contributed by atoms with E-state index in [-0.39, 0.29) is 6.04 Å². The summed E-state index contributed by atoms with van der Waals surface area (Å²) in [6.07, 6.45) is 5.96. The van der Waals surface area contributed by atoms with Crippen LogP contribution in [0.4, 0.5) is 4.79 Å². The number of aromatic amines is 1. The van der Waals surface area contributed by atoms with Crippen molar-refractivity contribution < 1.29 is 14.3 Å². The van der Waals surface area contributed by atoms with E-state index in [1.54, 1.807) is 6.20 Å². The molecule has 1 amide bonds. The number of carbonyl (C=O) groups excluding carboxylic acids is 1. The third-order valence-electron chi connectivity index (χ3n) is 4.61. The summed E-state index contributed by atoms with van der Waals surface area (Å²) in [5, 5.41) is 3.78. The van der Waals surface area contributed by atoms with Crippen molar-refractivity contribution in [2.24, 2.45) is 0 Å². The average molecular weight is 343 g/mol. The number of rotatable bonds is 4. The first-order valence-electron chi connectivity index (χ1n) is 8.50. The van der Waals surface area contributed by atoms with Crippen molar-refractivity contribution in [3.05, 3.63) is 24.3 Å². The normalized spacial score (nSPS) is 17.9. The molecule has 1 saturated heterocycles. The molecule has 1 atom stereocenters. The number of amides is 1. The smallest absolute Gasteiger partial charge is 0.406 e. The number of fused-ring (bicyclic) bond motifs is 3. The number of aromatic nitrogens is 4. The van der Waals surface area contributed by atoms with E-state index in [4.69, 9.17) is 9.72 Å². The van der Waals surface area contributed by atoms with Gasteiger partial charge in [-0.3, -0.25) is 0 Å². The van der Waals surface area contributed by atoms with Gasteiger partial charge < -0.3 is 24.3 Å². The van der Waals surface area contributed by atoms with E-state index in [1.165, 1.54) is 7.11 Å². The Labute approximate surface area is 144 Å². The van der Waals surface area contributed by atoms with Gasteiger partial charge in [0.15, 0.2) is 0 Å². The van der Waals surface area contributed by atoms with E-state index < -0.39 is 6.09 Å². The van der Waals surface area contributed by atoms with Crippen molar-refractivity contribution in [2.75, 3.05) is 26.9 Å². The molecule has 0 unspecified atom stereocenters. The lowest BCUT2D eigenvalue weighted by atomic mass is 10.1. The fraction of sp³-hybridized carbons (Fsp3) is 0.471. The van der Waals surface area contributed by atoms with Crippen LogP contribution in [0.1, 0.15) is 24.7 Å². The number of methoxy groups -OCH3 is 1. The quantitative estimate of drug-likeness (QED) is 0.757. The van der Waals surface area contributed by atoms with E-state index in [2.05, 4.69) is 24.6 Å². The first kappa shape index (κ1) is 15.9.